The molecule has 6 nitrogen and oxygen atoms in total. The number of nitrogens with zero attached hydrogens (tertiary/aromatic N) is 3. The Bertz CT molecular complexity index is 993. The van der Waals surface area contributed by atoms with Gasteiger partial charge in [0.05, 0.1) is 22.1 Å². The van der Waals surface area contributed by atoms with Crippen molar-refractivity contribution in [2.75, 3.05) is 5.32 Å². The Morgan fingerprint density at radius 3 is 2.74 bits per heavy atom. The molecule has 1 amide bonds. The molecule has 0 atom stereocenters. The molecule has 0 radical (unpaired) electrons. The largest absolute Gasteiger partial charge is 0.322 e. The average Bonchev–Trinajstić information content (AvgIpc) is 3.11. The van der Waals surface area contributed by atoms with Crippen LogP contribution in [0.25, 0.3) is 10.9 Å². The van der Waals surface area contributed by atoms with Gasteiger partial charge >= 0.3 is 0 Å². The van der Waals surface area contributed by atoms with Gasteiger partial charge in [-0.15, -0.1) is 0 Å². The third-order valence-electron chi connectivity index (χ3n) is 5.05. The fraction of sp³-hybridized carbons (Fsp3) is 0.300. The molecule has 2 aromatic heterocycles. The molecule has 1 aromatic carbocycles. The van der Waals surface area contributed by atoms with E-state index < -0.39 is 0 Å². The maximum Gasteiger partial charge on any atom is 0.257 e. The van der Waals surface area contributed by atoms with Gasteiger partial charge < -0.3 is 10.1 Å². The summed E-state index contributed by atoms with van der Waals surface area (Å²) in [6.07, 6.45) is 9.80. The SMILES string of the molecule is O=C[C@H]1CC[C@H](n2cc3cc(NC(=O)c4cncc(Cl)c4)ccc3n2)CC1. The second kappa shape index (κ2) is 7.48. The van der Waals surface area contributed by atoms with Gasteiger partial charge in [0.2, 0.25) is 0 Å². The van der Waals surface area contributed by atoms with Gasteiger partial charge in [0.25, 0.3) is 5.91 Å². The van der Waals surface area contributed by atoms with Crippen LogP contribution in [-0.4, -0.2) is 27.0 Å². The summed E-state index contributed by atoms with van der Waals surface area (Å²) >= 11 is 5.89. The van der Waals surface area contributed by atoms with E-state index in [4.69, 9.17) is 11.6 Å². The summed E-state index contributed by atoms with van der Waals surface area (Å²) in [6, 6.07) is 7.54. The van der Waals surface area contributed by atoms with Crippen LogP contribution in [0.3, 0.4) is 0 Å². The zero-order chi connectivity index (χ0) is 18.8. The standard InChI is InChI=1S/C20H19ClN4O2/c21-16-7-14(9-22-10-16)20(27)23-17-3-6-19-15(8-17)11-25(24-19)18-4-1-13(12-26)2-5-18/h3,6-13,18H,1-2,4-5H2,(H,23,27)/t13-,18-. The maximum absolute atomic E-state index is 12.4. The molecule has 0 saturated heterocycles. The molecule has 0 unspecified atom stereocenters. The summed E-state index contributed by atoms with van der Waals surface area (Å²) in [5.41, 5.74) is 1.98. The van der Waals surface area contributed by atoms with E-state index in [9.17, 15) is 9.59 Å². The van der Waals surface area contributed by atoms with Crippen LogP contribution in [0, 0.1) is 5.92 Å². The number of halogens is 1. The number of aromatic nitrogens is 3. The van der Waals surface area contributed by atoms with Crippen molar-refractivity contribution in [1.82, 2.24) is 14.8 Å². The van der Waals surface area contributed by atoms with Gasteiger partial charge in [-0.1, -0.05) is 11.6 Å². The molecule has 0 aliphatic heterocycles. The van der Waals surface area contributed by atoms with Crippen LogP contribution in [0.5, 0.6) is 0 Å². The smallest absolute Gasteiger partial charge is 0.257 e. The number of carbonyl (C=O) groups is 2. The van der Waals surface area contributed by atoms with Crippen LogP contribution in [0.2, 0.25) is 5.02 Å². The summed E-state index contributed by atoms with van der Waals surface area (Å²) in [4.78, 5) is 27.2. The van der Waals surface area contributed by atoms with Crippen LogP contribution >= 0.6 is 11.6 Å². The van der Waals surface area contributed by atoms with Crippen molar-refractivity contribution in [3.8, 4) is 0 Å². The minimum absolute atomic E-state index is 0.189. The molecule has 3 aromatic rings. The van der Waals surface area contributed by atoms with Gasteiger partial charge in [-0.05, 0) is 49.9 Å². The lowest BCUT2D eigenvalue weighted by Gasteiger charge is -2.25. The molecule has 27 heavy (non-hydrogen) atoms. The number of pyridine rings is 1. The topological polar surface area (TPSA) is 76.9 Å². The van der Waals surface area contributed by atoms with E-state index in [0.717, 1.165) is 42.9 Å². The van der Waals surface area contributed by atoms with Gasteiger partial charge in [-0.3, -0.25) is 14.5 Å². The van der Waals surface area contributed by atoms with E-state index in [-0.39, 0.29) is 11.8 Å². The lowest BCUT2D eigenvalue weighted by molar-refractivity contribution is -0.112. The number of aldehydes is 1. The van der Waals surface area contributed by atoms with E-state index >= 15 is 0 Å². The summed E-state index contributed by atoms with van der Waals surface area (Å²) in [5.74, 6) is -0.0713. The Kier molecular flexibility index (Phi) is 4.90. The van der Waals surface area contributed by atoms with Gasteiger partial charge in [-0.2, -0.15) is 5.10 Å². The molecule has 1 saturated carbocycles. The van der Waals surface area contributed by atoms with Gasteiger partial charge in [0.1, 0.15) is 6.29 Å². The molecule has 1 fully saturated rings. The first kappa shape index (κ1) is 17.7. The number of fused-ring (bicyclic) bond motifs is 1. The third kappa shape index (κ3) is 3.85. The van der Waals surface area contributed by atoms with Gasteiger partial charge in [0.15, 0.2) is 0 Å². The van der Waals surface area contributed by atoms with E-state index in [2.05, 4.69) is 15.4 Å². The molecule has 138 valence electrons. The normalized spacial score (nSPS) is 19.7. The number of rotatable bonds is 4. The monoisotopic (exact) mass is 382 g/mol. The fourth-order valence-electron chi connectivity index (χ4n) is 3.55. The lowest BCUT2D eigenvalue weighted by atomic mass is 9.87. The predicted octanol–water partition coefficient (Wildman–Crippen LogP) is 4.27. The van der Waals surface area contributed by atoms with Gasteiger partial charge in [-0.25, -0.2) is 0 Å². The van der Waals surface area contributed by atoms with Crippen LogP contribution in [0.4, 0.5) is 5.69 Å². The molecular formula is C20H19ClN4O2. The van der Waals surface area contributed by atoms with E-state index in [1.165, 1.54) is 12.4 Å². The van der Waals surface area contributed by atoms with Crippen LogP contribution in [-0.2, 0) is 4.79 Å². The Labute approximate surface area is 161 Å². The molecular weight excluding hydrogens is 364 g/mol. The van der Waals surface area contributed by atoms with Crippen LogP contribution < -0.4 is 5.32 Å². The van der Waals surface area contributed by atoms with Crippen LogP contribution in [0.1, 0.15) is 42.1 Å². The number of nitrogens with one attached hydrogen (secondary N) is 1. The highest BCUT2D eigenvalue weighted by molar-refractivity contribution is 6.30. The quantitative estimate of drug-likeness (QED) is 0.683. The molecule has 7 heteroatoms. The summed E-state index contributed by atoms with van der Waals surface area (Å²) in [6.45, 7) is 0. The molecule has 4 rings (SSSR count). The van der Waals surface area contributed by atoms with Crippen molar-refractivity contribution in [2.24, 2.45) is 5.92 Å². The van der Waals surface area contributed by atoms with Crippen molar-refractivity contribution < 1.29 is 9.59 Å². The first-order valence-corrected chi connectivity index (χ1v) is 9.36. The first-order valence-electron chi connectivity index (χ1n) is 8.98. The molecule has 1 aliphatic carbocycles. The Balaban J connectivity index is 1.51. The number of hydrogen-bond donors (Lipinski definition) is 1. The van der Waals surface area contributed by atoms with Crippen molar-refractivity contribution >= 4 is 40.4 Å². The van der Waals surface area contributed by atoms with E-state index in [1.807, 2.05) is 29.1 Å². The Hall–Kier alpha value is -2.73. The number of benzene rings is 1. The fourth-order valence-corrected chi connectivity index (χ4v) is 3.72. The number of anilines is 1. The second-order valence-corrected chi connectivity index (χ2v) is 7.37. The highest BCUT2D eigenvalue weighted by Gasteiger charge is 2.22. The van der Waals surface area contributed by atoms with E-state index in [0.29, 0.717) is 22.3 Å². The first-order chi connectivity index (χ1) is 13.1. The highest BCUT2D eigenvalue weighted by atomic mass is 35.5. The van der Waals surface area contributed by atoms with Crippen molar-refractivity contribution in [2.45, 2.75) is 31.7 Å². The molecule has 1 aliphatic rings. The zero-order valence-electron chi connectivity index (χ0n) is 14.6. The summed E-state index contributed by atoms with van der Waals surface area (Å²) < 4.78 is 2.00. The maximum atomic E-state index is 12.4. The minimum Gasteiger partial charge on any atom is -0.322 e. The summed E-state index contributed by atoms with van der Waals surface area (Å²) in [7, 11) is 0. The van der Waals surface area contributed by atoms with Crippen molar-refractivity contribution in [1.29, 1.82) is 0 Å². The average molecular weight is 383 g/mol. The van der Waals surface area contributed by atoms with Crippen molar-refractivity contribution in [3.63, 3.8) is 0 Å². The molecule has 2 heterocycles. The highest BCUT2D eigenvalue weighted by Crippen LogP contribution is 2.32. The number of amides is 1. The minimum atomic E-state index is -0.260. The Morgan fingerprint density at radius 2 is 2.00 bits per heavy atom. The number of hydrogen-bond acceptors (Lipinski definition) is 4. The van der Waals surface area contributed by atoms with Crippen LogP contribution in [0.15, 0.2) is 42.9 Å². The van der Waals surface area contributed by atoms with Crippen molar-refractivity contribution in [3.05, 3.63) is 53.4 Å². The second-order valence-electron chi connectivity index (χ2n) is 6.93. The van der Waals surface area contributed by atoms with Gasteiger partial charge in [0, 0.05) is 35.6 Å². The Morgan fingerprint density at radius 1 is 1.19 bits per heavy atom. The zero-order valence-corrected chi connectivity index (χ0v) is 15.4. The lowest BCUT2D eigenvalue weighted by Crippen LogP contribution is -2.19. The molecule has 0 bridgehead atoms. The molecule has 0 spiro atoms. The predicted molar refractivity (Wildman–Crippen MR) is 104 cm³/mol. The molecule has 1 N–H and O–H groups in total. The third-order valence-corrected chi connectivity index (χ3v) is 5.26. The summed E-state index contributed by atoms with van der Waals surface area (Å²) in [5, 5.41) is 8.92. The van der Waals surface area contributed by atoms with E-state index in [1.54, 1.807) is 6.07 Å². The number of carbonyl (C=O) groups excluding carboxylic acids is 2.